The number of carbonyl (C=O) groups is 2. The maximum atomic E-state index is 12.7. The van der Waals surface area contributed by atoms with Gasteiger partial charge in [-0.25, -0.2) is 0 Å². The van der Waals surface area contributed by atoms with Gasteiger partial charge in [-0.1, -0.05) is 46.3 Å². The van der Waals surface area contributed by atoms with Gasteiger partial charge in [-0.05, 0) is 77.0 Å². The van der Waals surface area contributed by atoms with Crippen LogP contribution in [0.5, 0.6) is 5.75 Å². The fraction of sp³-hybridized carbons (Fsp3) is 0.0870. The lowest BCUT2D eigenvalue weighted by atomic mass is 10.1. The molecule has 0 aliphatic carbocycles. The Balaban J connectivity index is 1.59. The number of carbonyl (C=O) groups excluding carboxylic acids is 2. The summed E-state index contributed by atoms with van der Waals surface area (Å²) in [6.45, 7) is 1.66. The third kappa shape index (κ3) is 6.62. The summed E-state index contributed by atoms with van der Waals surface area (Å²) in [7, 11) is 0. The molecule has 0 aromatic heterocycles. The molecule has 0 unspecified atom stereocenters. The molecule has 2 amide bonds. The van der Waals surface area contributed by atoms with Crippen molar-refractivity contribution in [1.29, 1.82) is 0 Å². The highest BCUT2D eigenvalue weighted by Crippen LogP contribution is 2.32. The summed E-state index contributed by atoms with van der Waals surface area (Å²) in [6.07, 6.45) is 0. The summed E-state index contributed by atoms with van der Waals surface area (Å²) in [6, 6.07) is 19.7. The van der Waals surface area contributed by atoms with Gasteiger partial charge in [0.1, 0.15) is 5.75 Å². The molecule has 32 heavy (non-hydrogen) atoms. The van der Waals surface area contributed by atoms with E-state index in [1.165, 1.54) is 0 Å². The topological polar surface area (TPSA) is 79.5 Å². The van der Waals surface area contributed by atoms with Crippen molar-refractivity contribution in [3.8, 4) is 5.75 Å². The van der Waals surface area contributed by atoms with Gasteiger partial charge in [0.15, 0.2) is 11.7 Å². The minimum absolute atomic E-state index is 0.0603. The molecule has 0 spiro atoms. The van der Waals surface area contributed by atoms with Gasteiger partial charge in [-0.3, -0.25) is 14.9 Å². The number of nitrogens with one attached hydrogen (secondary N) is 3. The SMILES string of the molecule is Cc1cc(Br)cc(Br)c1OCC(=O)NC(=S)Nc1ccccc1C(=O)Nc1ccccc1. The van der Waals surface area contributed by atoms with Crippen molar-refractivity contribution >= 4 is 72.4 Å². The molecule has 0 saturated heterocycles. The second kappa shape index (κ2) is 11.2. The Labute approximate surface area is 208 Å². The fourth-order valence-corrected chi connectivity index (χ4v) is 4.61. The monoisotopic (exact) mass is 575 g/mol. The second-order valence-corrected chi connectivity index (χ2v) is 8.87. The maximum absolute atomic E-state index is 12.7. The number of thiocarbonyl (C=S) groups is 1. The average molecular weight is 577 g/mol. The van der Waals surface area contributed by atoms with Gasteiger partial charge in [0, 0.05) is 10.2 Å². The lowest BCUT2D eigenvalue weighted by Crippen LogP contribution is -2.37. The number of anilines is 2. The Morgan fingerprint density at radius 2 is 1.66 bits per heavy atom. The van der Waals surface area contributed by atoms with Crippen LogP contribution >= 0.6 is 44.1 Å². The molecule has 0 aliphatic rings. The summed E-state index contributed by atoms with van der Waals surface area (Å²) in [5, 5.41) is 8.36. The molecule has 3 aromatic rings. The third-order valence-corrected chi connectivity index (χ3v) is 5.50. The Kier molecular flexibility index (Phi) is 8.38. The van der Waals surface area contributed by atoms with Crippen molar-refractivity contribution in [2.45, 2.75) is 6.92 Å². The smallest absolute Gasteiger partial charge is 0.264 e. The lowest BCUT2D eigenvalue weighted by molar-refractivity contribution is -0.121. The van der Waals surface area contributed by atoms with E-state index in [2.05, 4.69) is 47.8 Å². The van der Waals surface area contributed by atoms with E-state index in [1.54, 1.807) is 36.4 Å². The third-order valence-electron chi connectivity index (χ3n) is 4.25. The van der Waals surface area contributed by atoms with Crippen molar-refractivity contribution in [2.75, 3.05) is 17.2 Å². The minimum atomic E-state index is -0.428. The van der Waals surface area contributed by atoms with Gasteiger partial charge in [-0.15, -0.1) is 0 Å². The summed E-state index contributed by atoms with van der Waals surface area (Å²) in [5.41, 5.74) is 2.41. The Morgan fingerprint density at radius 3 is 2.38 bits per heavy atom. The van der Waals surface area contributed by atoms with Crippen LogP contribution in [-0.2, 0) is 4.79 Å². The van der Waals surface area contributed by atoms with Crippen LogP contribution in [0.15, 0.2) is 75.7 Å². The van der Waals surface area contributed by atoms with Gasteiger partial charge in [0.25, 0.3) is 11.8 Å². The van der Waals surface area contributed by atoms with E-state index in [0.29, 0.717) is 22.7 Å². The Morgan fingerprint density at radius 1 is 0.969 bits per heavy atom. The molecule has 0 saturated carbocycles. The summed E-state index contributed by atoms with van der Waals surface area (Å²) in [5.74, 6) is -0.152. The zero-order chi connectivity index (χ0) is 23.1. The van der Waals surface area contributed by atoms with Crippen LogP contribution in [0.25, 0.3) is 0 Å². The predicted molar refractivity (Wildman–Crippen MR) is 137 cm³/mol. The lowest BCUT2D eigenvalue weighted by Gasteiger charge is -2.15. The Hall–Kier alpha value is -2.75. The molecule has 9 heteroatoms. The van der Waals surface area contributed by atoms with Crippen molar-refractivity contribution in [2.24, 2.45) is 0 Å². The molecule has 0 atom stereocenters. The summed E-state index contributed by atoms with van der Waals surface area (Å²) >= 11 is 12.1. The molecule has 0 aliphatic heterocycles. The minimum Gasteiger partial charge on any atom is -0.482 e. The maximum Gasteiger partial charge on any atom is 0.264 e. The largest absolute Gasteiger partial charge is 0.482 e. The summed E-state index contributed by atoms with van der Waals surface area (Å²) in [4.78, 5) is 25.0. The Bertz CT molecular complexity index is 1130. The van der Waals surface area contributed by atoms with Gasteiger partial charge in [-0.2, -0.15) is 0 Å². The van der Waals surface area contributed by atoms with Gasteiger partial charge in [0.2, 0.25) is 0 Å². The van der Waals surface area contributed by atoms with Crippen LogP contribution in [0.2, 0.25) is 0 Å². The molecule has 0 fully saturated rings. The van der Waals surface area contributed by atoms with Gasteiger partial charge < -0.3 is 15.4 Å². The first-order valence-corrected chi connectivity index (χ1v) is 11.5. The van der Waals surface area contributed by atoms with E-state index in [-0.39, 0.29) is 17.6 Å². The van der Waals surface area contributed by atoms with Gasteiger partial charge >= 0.3 is 0 Å². The standard InChI is InChI=1S/C23H19Br2N3O3S/c1-14-11-15(24)12-18(25)21(14)31-13-20(29)28-23(32)27-19-10-6-5-9-17(19)22(30)26-16-7-3-2-4-8-16/h2-12H,13H2,1H3,(H,26,30)(H2,27,28,29,32). The number of benzene rings is 3. The number of halogens is 2. The second-order valence-electron chi connectivity index (χ2n) is 6.69. The molecule has 3 rings (SSSR count). The van der Waals surface area contributed by atoms with Crippen LogP contribution in [0.3, 0.4) is 0 Å². The number of rotatable bonds is 6. The number of aryl methyl sites for hydroxylation is 1. The van der Waals surface area contributed by atoms with E-state index in [0.717, 1.165) is 14.5 Å². The molecule has 0 heterocycles. The zero-order valence-electron chi connectivity index (χ0n) is 16.9. The first-order chi connectivity index (χ1) is 15.3. The quantitative estimate of drug-likeness (QED) is 0.330. The summed E-state index contributed by atoms with van der Waals surface area (Å²) < 4.78 is 7.27. The van der Waals surface area contributed by atoms with Gasteiger partial charge in [0.05, 0.1) is 15.7 Å². The number of amides is 2. The van der Waals surface area contributed by atoms with E-state index < -0.39 is 5.91 Å². The molecule has 6 nitrogen and oxygen atoms in total. The first-order valence-electron chi connectivity index (χ1n) is 9.48. The van der Waals surface area contributed by atoms with E-state index in [9.17, 15) is 9.59 Å². The van der Waals surface area contributed by atoms with E-state index in [4.69, 9.17) is 17.0 Å². The normalized spacial score (nSPS) is 10.2. The van der Waals surface area contributed by atoms with Crippen LogP contribution in [0, 0.1) is 6.92 Å². The molecule has 3 aromatic carbocycles. The molecular formula is C23H19Br2N3O3S. The van der Waals surface area contributed by atoms with Crippen molar-refractivity contribution in [3.63, 3.8) is 0 Å². The van der Waals surface area contributed by atoms with Crippen LogP contribution in [0.1, 0.15) is 15.9 Å². The average Bonchev–Trinajstić information content (AvgIpc) is 2.74. The van der Waals surface area contributed by atoms with Crippen molar-refractivity contribution in [1.82, 2.24) is 5.32 Å². The highest BCUT2D eigenvalue weighted by atomic mass is 79.9. The first kappa shape index (κ1) is 23.9. The molecule has 164 valence electrons. The zero-order valence-corrected chi connectivity index (χ0v) is 20.9. The van der Waals surface area contributed by atoms with Crippen LogP contribution in [-0.4, -0.2) is 23.5 Å². The molecule has 0 bridgehead atoms. The van der Waals surface area contributed by atoms with Crippen LogP contribution in [0.4, 0.5) is 11.4 Å². The van der Waals surface area contributed by atoms with Crippen LogP contribution < -0.4 is 20.7 Å². The highest BCUT2D eigenvalue weighted by molar-refractivity contribution is 9.11. The number of para-hydroxylation sites is 2. The van der Waals surface area contributed by atoms with E-state index >= 15 is 0 Å². The molecule has 0 radical (unpaired) electrons. The number of ether oxygens (including phenoxy) is 1. The fourth-order valence-electron chi connectivity index (χ4n) is 2.84. The van der Waals surface area contributed by atoms with E-state index in [1.807, 2.05) is 37.3 Å². The number of hydrogen-bond donors (Lipinski definition) is 3. The number of hydrogen-bond acceptors (Lipinski definition) is 4. The van der Waals surface area contributed by atoms with Crippen molar-refractivity contribution in [3.05, 3.63) is 86.8 Å². The molecular weight excluding hydrogens is 558 g/mol. The highest BCUT2D eigenvalue weighted by Gasteiger charge is 2.14. The molecule has 3 N–H and O–H groups in total. The van der Waals surface area contributed by atoms with Crippen molar-refractivity contribution < 1.29 is 14.3 Å². The predicted octanol–water partition coefficient (Wildman–Crippen LogP) is 5.66.